The molecule has 3 rings (SSSR count). The molecule has 0 saturated carbocycles. The van der Waals surface area contributed by atoms with Gasteiger partial charge in [-0.1, -0.05) is 0 Å². The molecular weight excluding hydrogens is 264 g/mol. The largest absolute Gasteiger partial charge is 0.352 e. The molecule has 0 radical (unpaired) electrons. The Bertz CT molecular complexity index is 649. The fraction of sp³-hybridized carbons (Fsp3) is 0.500. The highest BCUT2D eigenvalue weighted by molar-refractivity contribution is 5.99. The van der Waals surface area contributed by atoms with E-state index < -0.39 is 0 Å². The molecule has 0 bridgehead atoms. The number of nitrogens with zero attached hydrogens (tertiary/aromatic N) is 3. The van der Waals surface area contributed by atoms with E-state index in [1.807, 2.05) is 35.9 Å². The van der Waals surface area contributed by atoms with Gasteiger partial charge in [-0.15, -0.1) is 0 Å². The number of carbonyl (C=O) groups excluding carboxylic acids is 1. The summed E-state index contributed by atoms with van der Waals surface area (Å²) in [7, 11) is 2.16. The maximum absolute atomic E-state index is 12.3. The van der Waals surface area contributed by atoms with E-state index in [4.69, 9.17) is 0 Å². The minimum absolute atomic E-state index is 0.0353. The molecule has 1 amide bonds. The van der Waals surface area contributed by atoms with Crippen molar-refractivity contribution in [2.45, 2.75) is 32.2 Å². The lowest BCUT2D eigenvalue weighted by molar-refractivity contribution is 0.0951. The van der Waals surface area contributed by atoms with E-state index in [0.29, 0.717) is 18.2 Å². The summed E-state index contributed by atoms with van der Waals surface area (Å²) in [6.45, 7) is 3.82. The Balaban J connectivity index is 1.64. The van der Waals surface area contributed by atoms with Crippen LogP contribution in [0.5, 0.6) is 0 Å². The van der Waals surface area contributed by atoms with Crippen molar-refractivity contribution in [3.05, 3.63) is 35.8 Å². The number of imidazole rings is 1. The Morgan fingerprint density at radius 3 is 3.14 bits per heavy atom. The highest BCUT2D eigenvalue weighted by Gasteiger charge is 2.20. The average molecular weight is 286 g/mol. The first-order valence-electron chi connectivity index (χ1n) is 7.58. The molecule has 1 N–H and O–H groups in total. The first kappa shape index (κ1) is 14.1. The number of likely N-dealkylation sites (tertiary alicyclic amines) is 1. The smallest absolute Gasteiger partial charge is 0.255 e. The van der Waals surface area contributed by atoms with Crippen LogP contribution in [-0.2, 0) is 0 Å². The summed E-state index contributed by atoms with van der Waals surface area (Å²) in [5, 5.41) is 3.03. The Hall–Kier alpha value is -1.88. The highest BCUT2D eigenvalue weighted by Crippen LogP contribution is 2.17. The number of fused-ring (bicyclic) bond motifs is 1. The van der Waals surface area contributed by atoms with Crippen molar-refractivity contribution in [3.8, 4) is 0 Å². The number of hydrogen-bond acceptors (Lipinski definition) is 3. The van der Waals surface area contributed by atoms with Crippen LogP contribution < -0.4 is 5.32 Å². The molecular formula is C16H22N4O. The van der Waals surface area contributed by atoms with Crippen molar-refractivity contribution in [1.29, 1.82) is 0 Å². The maximum Gasteiger partial charge on any atom is 0.255 e. The van der Waals surface area contributed by atoms with Gasteiger partial charge in [0, 0.05) is 25.0 Å². The molecule has 5 heteroatoms. The maximum atomic E-state index is 12.3. The summed E-state index contributed by atoms with van der Waals surface area (Å²) in [6.07, 6.45) is 7.36. The number of carbonyl (C=O) groups is 1. The Kier molecular flexibility index (Phi) is 3.92. The normalized spacial score (nSPS) is 19.2. The molecule has 1 saturated heterocycles. The lowest BCUT2D eigenvalue weighted by Gasteiger charge is -2.19. The van der Waals surface area contributed by atoms with Crippen molar-refractivity contribution >= 4 is 11.6 Å². The molecule has 0 spiro atoms. The van der Waals surface area contributed by atoms with Crippen molar-refractivity contribution in [2.75, 3.05) is 20.1 Å². The topological polar surface area (TPSA) is 49.6 Å². The van der Waals surface area contributed by atoms with Gasteiger partial charge < -0.3 is 14.6 Å². The van der Waals surface area contributed by atoms with E-state index in [-0.39, 0.29) is 5.91 Å². The first-order valence-corrected chi connectivity index (χ1v) is 7.58. The Morgan fingerprint density at radius 1 is 1.52 bits per heavy atom. The standard InChI is InChI=1S/C16H22N4O/c1-12-11-20-10-4-6-14(15(20)18-12)16(21)17-8-7-13-5-3-9-19(13)2/h4,6,10-11,13H,3,5,7-9H2,1-2H3,(H,17,21). The summed E-state index contributed by atoms with van der Waals surface area (Å²) >= 11 is 0. The third kappa shape index (κ3) is 2.93. The van der Waals surface area contributed by atoms with Crippen LogP contribution in [0.15, 0.2) is 24.5 Å². The lowest BCUT2D eigenvalue weighted by Crippen LogP contribution is -2.32. The van der Waals surface area contributed by atoms with Crippen molar-refractivity contribution < 1.29 is 4.79 Å². The summed E-state index contributed by atoms with van der Waals surface area (Å²) in [6, 6.07) is 4.32. The molecule has 0 aromatic carbocycles. The monoisotopic (exact) mass is 286 g/mol. The zero-order valence-electron chi connectivity index (χ0n) is 12.7. The summed E-state index contributed by atoms with van der Waals surface area (Å²) in [4.78, 5) is 19.2. The molecule has 1 unspecified atom stereocenters. The van der Waals surface area contributed by atoms with Crippen LogP contribution in [0.3, 0.4) is 0 Å². The van der Waals surface area contributed by atoms with E-state index >= 15 is 0 Å². The van der Waals surface area contributed by atoms with Crippen LogP contribution >= 0.6 is 0 Å². The first-order chi connectivity index (χ1) is 10.1. The predicted molar refractivity (Wildman–Crippen MR) is 82.5 cm³/mol. The number of aromatic nitrogens is 2. The minimum Gasteiger partial charge on any atom is -0.352 e. The molecule has 5 nitrogen and oxygen atoms in total. The molecule has 21 heavy (non-hydrogen) atoms. The van der Waals surface area contributed by atoms with Crippen molar-refractivity contribution in [2.24, 2.45) is 0 Å². The van der Waals surface area contributed by atoms with E-state index in [0.717, 1.165) is 17.8 Å². The molecule has 1 atom stereocenters. The molecule has 2 aromatic heterocycles. The number of hydrogen-bond donors (Lipinski definition) is 1. The lowest BCUT2D eigenvalue weighted by atomic mass is 10.1. The zero-order valence-corrected chi connectivity index (χ0v) is 12.7. The van der Waals surface area contributed by atoms with Crippen LogP contribution in [0.2, 0.25) is 0 Å². The van der Waals surface area contributed by atoms with Crippen LogP contribution in [0.25, 0.3) is 5.65 Å². The summed E-state index contributed by atoms with van der Waals surface area (Å²) in [5.41, 5.74) is 2.29. The number of pyridine rings is 1. The quantitative estimate of drug-likeness (QED) is 0.933. The predicted octanol–water partition coefficient (Wildman–Crippen LogP) is 1.86. The van der Waals surface area contributed by atoms with Gasteiger partial charge in [-0.05, 0) is 51.9 Å². The fourth-order valence-electron chi connectivity index (χ4n) is 3.10. The molecule has 3 heterocycles. The number of aryl methyl sites for hydroxylation is 1. The van der Waals surface area contributed by atoms with Crippen LogP contribution in [0, 0.1) is 6.92 Å². The summed E-state index contributed by atoms with van der Waals surface area (Å²) < 4.78 is 1.90. The third-order valence-electron chi connectivity index (χ3n) is 4.28. The second-order valence-corrected chi connectivity index (χ2v) is 5.86. The van der Waals surface area contributed by atoms with Crippen LogP contribution in [0.4, 0.5) is 0 Å². The second-order valence-electron chi connectivity index (χ2n) is 5.86. The van der Waals surface area contributed by atoms with E-state index in [9.17, 15) is 4.79 Å². The van der Waals surface area contributed by atoms with Crippen LogP contribution in [0.1, 0.15) is 35.3 Å². The third-order valence-corrected chi connectivity index (χ3v) is 4.28. The number of nitrogens with one attached hydrogen (secondary N) is 1. The fourth-order valence-corrected chi connectivity index (χ4v) is 3.10. The summed E-state index contributed by atoms with van der Waals surface area (Å²) in [5.74, 6) is -0.0353. The molecule has 0 aliphatic carbocycles. The van der Waals surface area contributed by atoms with Crippen molar-refractivity contribution in [3.63, 3.8) is 0 Å². The SMILES string of the molecule is Cc1cn2cccc(C(=O)NCCC3CCCN3C)c2n1. The molecule has 1 aliphatic rings. The van der Waals surface area contributed by atoms with Gasteiger partial charge in [0.15, 0.2) is 0 Å². The number of rotatable bonds is 4. The van der Waals surface area contributed by atoms with Gasteiger partial charge in [0.25, 0.3) is 5.91 Å². The van der Waals surface area contributed by atoms with Gasteiger partial charge in [-0.2, -0.15) is 0 Å². The van der Waals surface area contributed by atoms with Gasteiger partial charge >= 0.3 is 0 Å². The number of amides is 1. The van der Waals surface area contributed by atoms with Gasteiger partial charge in [0.2, 0.25) is 0 Å². The Morgan fingerprint density at radius 2 is 2.38 bits per heavy atom. The van der Waals surface area contributed by atoms with Gasteiger partial charge in [0.05, 0.1) is 11.3 Å². The minimum atomic E-state index is -0.0353. The average Bonchev–Trinajstić information content (AvgIpc) is 3.03. The second kappa shape index (κ2) is 5.85. The van der Waals surface area contributed by atoms with Gasteiger partial charge in [-0.25, -0.2) is 4.98 Å². The molecule has 1 aliphatic heterocycles. The van der Waals surface area contributed by atoms with E-state index in [2.05, 4.69) is 22.2 Å². The van der Waals surface area contributed by atoms with E-state index in [1.165, 1.54) is 19.4 Å². The molecule has 1 fully saturated rings. The Labute approximate surface area is 125 Å². The molecule has 112 valence electrons. The van der Waals surface area contributed by atoms with E-state index in [1.54, 1.807) is 0 Å². The van der Waals surface area contributed by atoms with Crippen LogP contribution in [-0.4, -0.2) is 46.4 Å². The zero-order chi connectivity index (χ0) is 14.8. The van der Waals surface area contributed by atoms with Gasteiger partial charge in [-0.3, -0.25) is 4.79 Å². The van der Waals surface area contributed by atoms with Crippen molar-refractivity contribution in [1.82, 2.24) is 19.6 Å². The molecule has 2 aromatic rings. The highest BCUT2D eigenvalue weighted by atomic mass is 16.1. The van der Waals surface area contributed by atoms with Gasteiger partial charge in [0.1, 0.15) is 5.65 Å².